The van der Waals surface area contributed by atoms with Gasteiger partial charge in [0.1, 0.15) is 0 Å². The Morgan fingerprint density at radius 1 is 1.02 bits per heavy atom. The molecular formula is C32H39F2NO9S2. The summed E-state index contributed by atoms with van der Waals surface area (Å²) in [5.41, 5.74) is -0.375. The molecule has 0 saturated heterocycles. The van der Waals surface area contributed by atoms with Crippen LogP contribution in [-0.4, -0.2) is 61.5 Å². The molecule has 2 aromatic carbocycles. The number of nitrogens with zero attached hydrogens (tertiary/aromatic N) is 1. The van der Waals surface area contributed by atoms with Gasteiger partial charge in [-0.05, 0) is 48.3 Å². The van der Waals surface area contributed by atoms with Gasteiger partial charge in [0.2, 0.25) is 0 Å². The SMILES string of the molecule is CCCCC(CC)COC(=O)CSc1ccc2c3c(cccc13)C(=O)N(OS(=O)(=O)C(F)(F)C(=O)OCCC1CCCCC1)C2=O. The molecule has 2 aromatic rings. The Kier molecular flexibility index (Phi) is 12.2. The number of ether oxygens (including phenoxy) is 2. The van der Waals surface area contributed by atoms with Crippen molar-refractivity contribution in [3.05, 3.63) is 41.5 Å². The van der Waals surface area contributed by atoms with Crippen LogP contribution in [-0.2, 0) is 33.5 Å². The van der Waals surface area contributed by atoms with E-state index in [9.17, 15) is 36.4 Å². The summed E-state index contributed by atoms with van der Waals surface area (Å²) < 4.78 is 69.1. The fourth-order valence-electron chi connectivity index (χ4n) is 5.65. The first kappa shape index (κ1) is 35.7. The number of esters is 2. The number of benzene rings is 2. The van der Waals surface area contributed by atoms with E-state index < -0.39 is 45.7 Å². The monoisotopic (exact) mass is 683 g/mol. The smallest absolute Gasteiger partial charge is 0.465 e. The van der Waals surface area contributed by atoms with E-state index in [-0.39, 0.29) is 39.2 Å². The van der Waals surface area contributed by atoms with Gasteiger partial charge >= 0.3 is 27.3 Å². The van der Waals surface area contributed by atoms with Gasteiger partial charge in [-0.3, -0.25) is 14.4 Å². The van der Waals surface area contributed by atoms with Crippen LogP contribution in [0, 0.1) is 11.8 Å². The van der Waals surface area contributed by atoms with Gasteiger partial charge in [-0.2, -0.15) is 17.2 Å². The van der Waals surface area contributed by atoms with Crippen LogP contribution in [0.1, 0.15) is 98.8 Å². The van der Waals surface area contributed by atoms with Gasteiger partial charge in [0.05, 0.1) is 30.1 Å². The number of rotatable bonds is 16. The molecule has 0 aromatic heterocycles. The molecule has 252 valence electrons. The number of unbranched alkanes of at least 4 members (excludes halogenated alkanes) is 1. The summed E-state index contributed by atoms with van der Waals surface area (Å²) >= 11 is 1.13. The minimum absolute atomic E-state index is 0.0376. The van der Waals surface area contributed by atoms with Crippen LogP contribution >= 0.6 is 11.8 Å². The van der Waals surface area contributed by atoms with Crippen molar-refractivity contribution in [3.8, 4) is 0 Å². The predicted molar refractivity (Wildman–Crippen MR) is 167 cm³/mol. The third-order valence-electron chi connectivity index (χ3n) is 8.41. The highest BCUT2D eigenvalue weighted by Gasteiger charge is 2.58. The summed E-state index contributed by atoms with van der Waals surface area (Å²) in [6.45, 7) is 4.06. The molecule has 1 aliphatic heterocycles. The molecule has 4 rings (SSSR count). The highest BCUT2D eigenvalue weighted by Crippen LogP contribution is 2.37. The summed E-state index contributed by atoms with van der Waals surface area (Å²) in [5, 5.41) is -4.91. The summed E-state index contributed by atoms with van der Waals surface area (Å²) in [6.07, 6.45) is 9.06. The average molecular weight is 684 g/mol. The number of hydroxylamine groups is 2. The normalized spacial score (nSPS) is 16.5. The van der Waals surface area contributed by atoms with Gasteiger partial charge < -0.3 is 9.47 Å². The van der Waals surface area contributed by atoms with Crippen molar-refractivity contribution in [2.45, 2.75) is 88.2 Å². The zero-order valence-corrected chi connectivity index (χ0v) is 27.6. The molecule has 0 spiro atoms. The number of alkyl halides is 2. The third kappa shape index (κ3) is 8.06. The van der Waals surface area contributed by atoms with Crippen LogP contribution in [0.15, 0.2) is 35.2 Å². The molecule has 1 atom stereocenters. The molecule has 0 N–H and O–H groups in total. The van der Waals surface area contributed by atoms with Crippen molar-refractivity contribution in [1.82, 2.24) is 5.06 Å². The van der Waals surface area contributed by atoms with Gasteiger partial charge in [-0.1, -0.05) is 77.3 Å². The van der Waals surface area contributed by atoms with Crippen molar-refractivity contribution in [2.75, 3.05) is 19.0 Å². The summed E-state index contributed by atoms with van der Waals surface area (Å²) in [7, 11) is -6.18. The standard InChI is InChI=1S/C32H39F2NO9S2/c1-3-5-10-21(4-2)19-43-27(36)20-45-26-16-15-25-28-23(26)13-9-14-24(28)29(37)35(30(25)38)44-46(40,41)32(33,34)31(39)42-18-17-22-11-7-6-8-12-22/h9,13-16,21-22H,3-8,10-12,17-20H2,1-2H3. The van der Waals surface area contributed by atoms with Crippen molar-refractivity contribution in [3.63, 3.8) is 0 Å². The Morgan fingerprint density at radius 3 is 2.39 bits per heavy atom. The van der Waals surface area contributed by atoms with Crippen LogP contribution in [0.25, 0.3) is 10.8 Å². The number of amides is 2. The molecule has 1 heterocycles. The molecule has 2 aliphatic rings. The quantitative estimate of drug-likeness (QED) is 0.108. The molecular weight excluding hydrogens is 644 g/mol. The largest absolute Gasteiger partial charge is 0.467 e. The van der Waals surface area contributed by atoms with Gasteiger partial charge in [0.15, 0.2) is 0 Å². The molecule has 10 nitrogen and oxygen atoms in total. The van der Waals surface area contributed by atoms with Crippen LogP contribution in [0.2, 0.25) is 0 Å². The highest BCUT2D eigenvalue weighted by molar-refractivity contribution is 8.00. The van der Waals surface area contributed by atoms with E-state index in [1.54, 1.807) is 6.07 Å². The summed E-state index contributed by atoms with van der Waals surface area (Å²) in [6, 6.07) is 7.13. The second-order valence-corrected chi connectivity index (χ2v) is 14.2. The number of hydrogen-bond acceptors (Lipinski definition) is 10. The second-order valence-electron chi connectivity index (χ2n) is 11.6. The third-order valence-corrected chi connectivity index (χ3v) is 10.6. The maximum Gasteiger partial charge on any atom is 0.467 e. The lowest BCUT2D eigenvalue weighted by Crippen LogP contribution is -2.48. The van der Waals surface area contributed by atoms with Gasteiger partial charge in [-0.25, -0.2) is 4.79 Å². The molecule has 1 aliphatic carbocycles. The van der Waals surface area contributed by atoms with E-state index in [0.717, 1.165) is 69.5 Å². The Bertz CT molecular complexity index is 1540. The van der Waals surface area contributed by atoms with Crippen molar-refractivity contribution in [2.24, 2.45) is 11.8 Å². The van der Waals surface area contributed by atoms with E-state index >= 15 is 0 Å². The molecule has 2 amide bonds. The molecule has 46 heavy (non-hydrogen) atoms. The molecule has 0 radical (unpaired) electrons. The lowest BCUT2D eigenvalue weighted by molar-refractivity contribution is -0.163. The first-order chi connectivity index (χ1) is 21.9. The predicted octanol–water partition coefficient (Wildman–Crippen LogP) is 6.66. The Balaban J connectivity index is 1.44. The Labute approximate surface area is 271 Å². The Morgan fingerprint density at radius 2 is 1.72 bits per heavy atom. The van der Waals surface area contributed by atoms with Crippen LogP contribution in [0.3, 0.4) is 0 Å². The number of imide groups is 1. The van der Waals surface area contributed by atoms with Crippen LogP contribution in [0.5, 0.6) is 0 Å². The summed E-state index contributed by atoms with van der Waals surface area (Å²) in [5.74, 6) is -4.97. The zero-order chi connectivity index (χ0) is 33.5. The van der Waals surface area contributed by atoms with Crippen molar-refractivity contribution >= 4 is 56.4 Å². The second kappa shape index (κ2) is 15.7. The van der Waals surface area contributed by atoms with Gasteiger partial charge in [0, 0.05) is 10.3 Å². The molecule has 1 unspecified atom stereocenters. The molecule has 14 heteroatoms. The van der Waals surface area contributed by atoms with E-state index in [0.29, 0.717) is 23.3 Å². The van der Waals surface area contributed by atoms with E-state index in [4.69, 9.17) is 4.74 Å². The number of carbonyl (C=O) groups is 4. The maximum absolute atomic E-state index is 14.8. The minimum atomic E-state index is -6.18. The maximum atomic E-state index is 14.8. The number of halogens is 2. The van der Waals surface area contributed by atoms with Crippen molar-refractivity contribution < 1.29 is 50.1 Å². The number of hydrogen-bond donors (Lipinski definition) is 0. The fraction of sp³-hybridized carbons (Fsp3) is 0.562. The van der Waals surface area contributed by atoms with Crippen LogP contribution < -0.4 is 0 Å². The highest BCUT2D eigenvalue weighted by atomic mass is 32.2. The van der Waals surface area contributed by atoms with Gasteiger partial charge in [-0.15, -0.1) is 21.1 Å². The van der Waals surface area contributed by atoms with E-state index in [2.05, 4.69) is 15.9 Å². The lowest BCUT2D eigenvalue weighted by Gasteiger charge is -2.27. The topological polar surface area (TPSA) is 133 Å². The van der Waals surface area contributed by atoms with Gasteiger partial charge in [0.25, 0.3) is 11.8 Å². The lowest BCUT2D eigenvalue weighted by atomic mass is 9.87. The zero-order valence-electron chi connectivity index (χ0n) is 25.9. The molecule has 0 bridgehead atoms. The minimum Gasteiger partial charge on any atom is -0.465 e. The first-order valence-corrected chi connectivity index (χ1v) is 18.0. The van der Waals surface area contributed by atoms with E-state index in [1.165, 1.54) is 24.3 Å². The number of carbonyl (C=O) groups excluding carboxylic acids is 4. The fourth-order valence-corrected chi connectivity index (χ4v) is 7.19. The molecule has 1 fully saturated rings. The number of thioether (sulfide) groups is 1. The van der Waals surface area contributed by atoms with Crippen molar-refractivity contribution in [1.29, 1.82) is 0 Å². The van der Waals surface area contributed by atoms with Crippen LogP contribution in [0.4, 0.5) is 8.78 Å². The Hall–Kier alpha value is -3.10. The first-order valence-electron chi connectivity index (χ1n) is 15.6. The summed E-state index contributed by atoms with van der Waals surface area (Å²) in [4.78, 5) is 51.6. The van der Waals surface area contributed by atoms with E-state index in [1.807, 2.05) is 6.92 Å². The molecule has 1 saturated carbocycles. The average Bonchev–Trinajstić information content (AvgIpc) is 3.05.